The van der Waals surface area contributed by atoms with Gasteiger partial charge >= 0.3 is 5.97 Å². The summed E-state index contributed by atoms with van der Waals surface area (Å²) in [6.45, 7) is 2.25. The van der Waals surface area contributed by atoms with Gasteiger partial charge in [0.25, 0.3) is 0 Å². The van der Waals surface area contributed by atoms with Crippen LogP contribution < -0.4 is 0 Å². The van der Waals surface area contributed by atoms with Crippen LogP contribution in [0.5, 0.6) is 0 Å². The largest absolute Gasteiger partial charge is 0.462 e. The van der Waals surface area contributed by atoms with Crippen molar-refractivity contribution in [3.8, 4) is 0 Å². The van der Waals surface area contributed by atoms with E-state index in [0.29, 0.717) is 24.8 Å². The van der Waals surface area contributed by atoms with Crippen LogP contribution in [-0.4, -0.2) is 21.6 Å². The Morgan fingerprint density at radius 1 is 1.25 bits per heavy atom. The number of hydrogen-bond acceptors (Lipinski definition) is 3. The summed E-state index contributed by atoms with van der Waals surface area (Å²) >= 11 is 0. The second-order valence-corrected chi connectivity index (χ2v) is 7.50. The van der Waals surface area contributed by atoms with Gasteiger partial charge in [0.15, 0.2) is 0 Å². The van der Waals surface area contributed by atoms with Crippen molar-refractivity contribution < 1.29 is 9.53 Å². The minimum Gasteiger partial charge on any atom is -0.462 e. The third kappa shape index (κ3) is 3.33. The van der Waals surface area contributed by atoms with Crippen molar-refractivity contribution in [3.05, 3.63) is 30.1 Å². The van der Waals surface area contributed by atoms with E-state index in [4.69, 9.17) is 9.72 Å². The van der Waals surface area contributed by atoms with Gasteiger partial charge in [0, 0.05) is 12.5 Å². The summed E-state index contributed by atoms with van der Waals surface area (Å²) in [6.07, 6.45) is 8.16. The normalized spacial score (nSPS) is 24.2. The van der Waals surface area contributed by atoms with E-state index in [1.807, 2.05) is 6.07 Å². The molecule has 128 valence electrons. The number of carbonyl (C=O) groups excluding carboxylic acids is 1. The molecule has 0 amide bonds. The molecule has 4 nitrogen and oxygen atoms in total. The Morgan fingerprint density at radius 2 is 2.08 bits per heavy atom. The Hall–Kier alpha value is -1.84. The van der Waals surface area contributed by atoms with Crippen LogP contribution in [0, 0.1) is 5.92 Å². The fourth-order valence-electron chi connectivity index (χ4n) is 3.96. The van der Waals surface area contributed by atoms with Gasteiger partial charge in [0.1, 0.15) is 11.9 Å². The molecule has 24 heavy (non-hydrogen) atoms. The first-order valence-electron chi connectivity index (χ1n) is 9.36. The molecule has 2 aromatic rings. The number of nitrogens with zero attached hydrogens (tertiary/aromatic N) is 2. The highest BCUT2D eigenvalue weighted by molar-refractivity contribution is 5.76. The van der Waals surface area contributed by atoms with Crippen LogP contribution in [-0.2, 0) is 16.0 Å². The quantitative estimate of drug-likeness (QED) is 0.764. The van der Waals surface area contributed by atoms with Gasteiger partial charge in [-0.2, -0.15) is 0 Å². The first-order valence-corrected chi connectivity index (χ1v) is 9.36. The van der Waals surface area contributed by atoms with Gasteiger partial charge in [-0.3, -0.25) is 4.79 Å². The third-order valence-electron chi connectivity index (χ3n) is 5.32. The molecular weight excluding hydrogens is 300 g/mol. The number of rotatable bonds is 5. The zero-order valence-corrected chi connectivity index (χ0v) is 14.4. The van der Waals surface area contributed by atoms with Crippen LogP contribution in [0.1, 0.15) is 63.7 Å². The SMILES string of the molecule is CC1CCCC(OC(=O)CCc2nc3ccccc3n2C2CC2)C1. The maximum atomic E-state index is 12.2. The van der Waals surface area contributed by atoms with Crippen molar-refractivity contribution in [1.29, 1.82) is 0 Å². The Balaban J connectivity index is 1.41. The monoisotopic (exact) mass is 326 g/mol. The number of aromatic nitrogens is 2. The molecule has 2 fully saturated rings. The van der Waals surface area contributed by atoms with E-state index in [1.165, 1.54) is 31.2 Å². The summed E-state index contributed by atoms with van der Waals surface area (Å²) in [5.41, 5.74) is 2.23. The van der Waals surface area contributed by atoms with Crippen molar-refractivity contribution in [2.24, 2.45) is 5.92 Å². The number of carbonyl (C=O) groups is 1. The topological polar surface area (TPSA) is 44.1 Å². The highest BCUT2D eigenvalue weighted by Gasteiger charge is 2.28. The molecule has 2 aliphatic rings. The molecular formula is C20H26N2O2. The van der Waals surface area contributed by atoms with Crippen molar-refractivity contribution in [3.63, 3.8) is 0 Å². The fourth-order valence-corrected chi connectivity index (χ4v) is 3.96. The van der Waals surface area contributed by atoms with Gasteiger partial charge in [-0.05, 0) is 50.2 Å². The van der Waals surface area contributed by atoms with E-state index < -0.39 is 0 Å². The average Bonchev–Trinajstić information content (AvgIpc) is 3.33. The number of esters is 1. The van der Waals surface area contributed by atoms with Crippen LogP contribution in [0.3, 0.4) is 0 Å². The van der Waals surface area contributed by atoms with Gasteiger partial charge in [0.05, 0.1) is 17.5 Å². The second-order valence-electron chi connectivity index (χ2n) is 7.50. The maximum Gasteiger partial charge on any atom is 0.306 e. The first-order chi connectivity index (χ1) is 11.7. The van der Waals surface area contributed by atoms with Gasteiger partial charge in [0.2, 0.25) is 0 Å². The molecule has 4 heteroatoms. The number of benzene rings is 1. The van der Waals surface area contributed by atoms with Crippen LogP contribution in [0.4, 0.5) is 0 Å². The van der Waals surface area contributed by atoms with Crippen molar-refractivity contribution in [2.45, 2.75) is 70.4 Å². The second kappa shape index (κ2) is 6.58. The van der Waals surface area contributed by atoms with Crippen molar-refractivity contribution >= 4 is 17.0 Å². The molecule has 4 rings (SSSR count). The molecule has 0 radical (unpaired) electrons. The van der Waals surface area contributed by atoms with Crippen LogP contribution in [0.15, 0.2) is 24.3 Å². The molecule has 0 N–H and O–H groups in total. The van der Waals surface area contributed by atoms with Crippen molar-refractivity contribution in [2.75, 3.05) is 0 Å². The summed E-state index contributed by atoms with van der Waals surface area (Å²) in [7, 11) is 0. The zero-order valence-electron chi connectivity index (χ0n) is 14.4. The van der Waals surface area contributed by atoms with E-state index in [9.17, 15) is 4.79 Å². The predicted octanol–water partition coefficient (Wildman–Crippen LogP) is 4.43. The Morgan fingerprint density at radius 3 is 2.88 bits per heavy atom. The van der Waals surface area contributed by atoms with E-state index in [0.717, 1.165) is 24.2 Å². The molecule has 1 aromatic heterocycles. The molecule has 0 bridgehead atoms. The molecule has 1 heterocycles. The molecule has 0 aliphatic heterocycles. The summed E-state index contributed by atoms with van der Waals surface area (Å²) < 4.78 is 8.04. The van der Waals surface area contributed by atoms with Gasteiger partial charge in [-0.15, -0.1) is 0 Å². The fraction of sp³-hybridized carbons (Fsp3) is 0.600. The molecule has 0 spiro atoms. The third-order valence-corrected chi connectivity index (χ3v) is 5.32. The lowest BCUT2D eigenvalue weighted by atomic mass is 9.89. The Bertz CT molecular complexity index is 732. The number of imidazole rings is 1. The number of hydrogen-bond donors (Lipinski definition) is 0. The van der Waals surface area contributed by atoms with Crippen LogP contribution in [0.25, 0.3) is 11.0 Å². The molecule has 2 unspecified atom stereocenters. The van der Waals surface area contributed by atoms with E-state index in [-0.39, 0.29) is 12.1 Å². The Kier molecular flexibility index (Phi) is 4.30. The van der Waals surface area contributed by atoms with Gasteiger partial charge in [-0.1, -0.05) is 25.5 Å². The molecule has 2 atom stereocenters. The Labute approximate surface area is 143 Å². The lowest BCUT2D eigenvalue weighted by molar-refractivity contribution is -0.151. The van der Waals surface area contributed by atoms with Gasteiger partial charge < -0.3 is 9.30 Å². The molecule has 2 saturated carbocycles. The predicted molar refractivity (Wildman–Crippen MR) is 93.8 cm³/mol. The lowest BCUT2D eigenvalue weighted by Gasteiger charge is -2.26. The summed E-state index contributed by atoms with van der Waals surface area (Å²) in [5, 5.41) is 0. The molecule has 0 saturated heterocycles. The molecule has 2 aliphatic carbocycles. The zero-order chi connectivity index (χ0) is 16.5. The minimum atomic E-state index is -0.0662. The minimum absolute atomic E-state index is 0.0662. The average molecular weight is 326 g/mol. The first kappa shape index (κ1) is 15.7. The highest BCUT2D eigenvalue weighted by Crippen LogP contribution is 2.38. The number of aryl methyl sites for hydroxylation is 1. The van der Waals surface area contributed by atoms with E-state index >= 15 is 0 Å². The van der Waals surface area contributed by atoms with Gasteiger partial charge in [-0.25, -0.2) is 4.98 Å². The van der Waals surface area contributed by atoms with Crippen LogP contribution in [0.2, 0.25) is 0 Å². The van der Waals surface area contributed by atoms with Crippen LogP contribution >= 0.6 is 0 Å². The summed E-state index contributed by atoms with van der Waals surface area (Å²) in [4.78, 5) is 17.0. The highest BCUT2D eigenvalue weighted by atomic mass is 16.5. The molecule has 1 aromatic carbocycles. The van der Waals surface area contributed by atoms with E-state index in [2.05, 4.69) is 29.7 Å². The van der Waals surface area contributed by atoms with Crippen molar-refractivity contribution in [1.82, 2.24) is 9.55 Å². The maximum absolute atomic E-state index is 12.2. The van der Waals surface area contributed by atoms with E-state index in [1.54, 1.807) is 0 Å². The lowest BCUT2D eigenvalue weighted by Crippen LogP contribution is -2.24. The smallest absolute Gasteiger partial charge is 0.306 e. The number of fused-ring (bicyclic) bond motifs is 1. The summed E-state index contributed by atoms with van der Waals surface area (Å²) in [5.74, 6) is 1.65. The standard InChI is InChI=1S/C20H26N2O2/c1-14-5-4-6-16(13-14)24-20(23)12-11-19-21-17-7-2-3-8-18(17)22(19)15-9-10-15/h2-3,7-8,14-16H,4-6,9-13H2,1H3. The summed E-state index contributed by atoms with van der Waals surface area (Å²) in [6, 6.07) is 8.84. The number of para-hydroxylation sites is 2. The number of ether oxygens (including phenoxy) is 1.